The van der Waals surface area contributed by atoms with E-state index in [1.807, 2.05) is 0 Å². The van der Waals surface area contributed by atoms with Crippen molar-refractivity contribution in [2.24, 2.45) is 11.8 Å². The summed E-state index contributed by atoms with van der Waals surface area (Å²) in [6, 6.07) is 0. The minimum atomic E-state index is -0.233. The summed E-state index contributed by atoms with van der Waals surface area (Å²) in [6.45, 7) is 16.3. The highest BCUT2D eigenvalue weighted by Gasteiger charge is 2.62. The van der Waals surface area contributed by atoms with E-state index < -0.39 is 0 Å². The van der Waals surface area contributed by atoms with Crippen molar-refractivity contribution in [1.82, 2.24) is 0 Å². The van der Waals surface area contributed by atoms with E-state index in [0.717, 1.165) is 51.4 Å². The van der Waals surface area contributed by atoms with Crippen LogP contribution in [0.2, 0.25) is 0 Å². The van der Waals surface area contributed by atoms with E-state index in [-0.39, 0.29) is 59.4 Å². The molecule has 4 aliphatic heterocycles. The van der Waals surface area contributed by atoms with Crippen LogP contribution in [-0.4, -0.2) is 47.6 Å². The van der Waals surface area contributed by atoms with E-state index in [2.05, 4.69) is 53.0 Å². The zero-order chi connectivity index (χ0) is 25.8. The standard InChI is InChI=1S/2C15H20O3/c2*1-9-5-4-8-15(3)13(18-15)12-11(7-6-9)10(2)14(16)17-12/h2*5,11-13H,2,4,6-8H2,1,3H3/b2*9-5+/t2*11-,12-,13+,15+/m00/s1. The van der Waals surface area contributed by atoms with Gasteiger partial charge >= 0.3 is 11.9 Å². The van der Waals surface area contributed by atoms with Crippen LogP contribution >= 0.6 is 0 Å². The fourth-order valence-corrected chi connectivity index (χ4v) is 6.41. The highest BCUT2D eigenvalue weighted by atomic mass is 16.7. The molecule has 0 amide bonds. The molecule has 0 unspecified atom stereocenters. The number of carbonyl (C=O) groups is 2. The fourth-order valence-electron chi connectivity index (χ4n) is 6.41. The van der Waals surface area contributed by atoms with Gasteiger partial charge in [-0.3, -0.25) is 0 Å². The summed E-state index contributed by atoms with van der Waals surface area (Å²) >= 11 is 0. The molecule has 4 saturated heterocycles. The molecule has 0 aromatic rings. The molecule has 0 spiro atoms. The third-order valence-electron chi connectivity index (χ3n) is 9.14. The summed E-state index contributed by atoms with van der Waals surface area (Å²) in [6.07, 6.45) is 12.5. The zero-order valence-electron chi connectivity index (χ0n) is 22.1. The normalized spacial score (nSPS) is 46.6. The van der Waals surface area contributed by atoms with E-state index >= 15 is 0 Å². The number of epoxide rings is 2. The first-order valence-corrected chi connectivity index (χ1v) is 13.5. The first-order valence-electron chi connectivity index (χ1n) is 13.5. The molecule has 4 fully saturated rings. The van der Waals surface area contributed by atoms with Gasteiger partial charge in [-0.1, -0.05) is 36.5 Å². The molecular formula is C30H40O6. The molecule has 2 aliphatic carbocycles. The van der Waals surface area contributed by atoms with Crippen LogP contribution < -0.4 is 0 Å². The molecule has 0 aromatic heterocycles. The number of rotatable bonds is 0. The summed E-state index contributed by atoms with van der Waals surface area (Å²) < 4.78 is 22.6. The van der Waals surface area contributed by atoms with Crippen LogP contribution in [0.1, 0.15) is 79.1 Å². The second-order valence-electron chi connectivity index (χ2n) is 12.0. The van der Waals surface area contributed by atoms with E-state index in [1.54, 1.807) is 0 Å². The maximum absolute atomic E-state index is 11.7. The molecule has 4 heterocycles. The van der Waals surface area contributed by atoms with Gasteiger partial charge < -0.3 is 18.9 Å². The molecule has 0 radical (unpaired) electrons. The van der Waals surface area contributed by atoms with E-state index in [1.165, 1.54) is 11.1 Å². The molecule has 6 heteroatoms. The number of allylic oxidation sites excluding steroid dienone is 4. The van der Waals surface area contributed by atoms with Crippen LogP contribution in [-0.2, 0) is 28.5 Å². The van der Waals surface area contributed by atoms with Gasteiger partial charge in [0.05, 0.1) is 11.2 Å². The molecule has 6 rings (SSSR count). The van der Waals surface area contributed by atoms with Crippen LogP contribution in [0.3, 0.4) is 0 Å². The second-order valence-corrected chi connectivity index (χ2v) is 12.0. The predicted octanol–water partition coefficient (Wildman–Crippen LogP) is 5.52. The number of fused-ring (bicyclic) bond motifs is 6. The number of ether oxygens (including phenoxy) is 4. The fraction of sp³-hybridized carbons (Fsp3) is 0.667. The molecule has 6 aliphatic rings. The Kier molecular flexibility index (Phi) is 6.57. The minimum absolute atomic E-state index is 0.0671. The monoisotopic (exact) mass is 496 g/mol. The first kappa shape index (κ1) is 25.5. The van der Waals surface area contributed by atoms with Crippen LogP contribution in [0.15, 0.2) is 47.6 Å². The van der Waals surface area contributed by atoms with Crippen molar-refractivity contribution in [3.8, 4) is 0 Å². The molecule has 0 bridgehead atoms. The SMILES string of the molecule is C=C1C(=O)O[C@@H]2[C@H]3O[C@]3(C)CC/C=C(\C)CC[C@@H]12.C=C1C(=O)O[C@@H]2[C@H]3O[C@]3(C)CC/C=C(\C)CC[C@@H]12. The molecule has 0 N–H and O–H groups in total. The smallest absolute Gasteiger partial charge is 0.334 e. The summed E-state index contributed by atoms with van der Waals surface area (Å²) in [5, 5.41) is 0. The average Bonchev–Trinajstić information content (AvgIpc) is 3.63. The Morgan fingerprint density at radius 2 is 1.14 bits per heavy atom. The molecule has 36 heavy (non-hydrogen) atoms. The summed E-state index contributed by atoms with van der Waals surface area (Å²) in [7, 11) is 0. The molecule has 196 valence electrons. The number of hydrogen-bond donors (Lipinski definition) is 0. The maximum atomic E-state index is 11.7. The number of esters is 2. The van der Waals surface area contributed by atoms with Gasteiger partial charge in [0, 0.05) is 23.0 Å². The molecule has 6 nitrogen and oxygen atoms in total. The quantitative estimate of drug-likeness (QED) is 0.190. The van der Waals surface area contributed by atoms with Gasteiger partial charge in [0.15, 0.2) is 0 Å². The molecule has 0 aromatic carbocycles. The second kappa shape index (κ2) is 9.29. The topological polar surface area (TPSA) is 77.7 Å². The van der Waals surface area contributed by atoms with Crippen molar-refractivity contribution >= 4 is 11.9 Å². The van der Waals surface area contributed by atoms with E-state index in [9.17, 15) is 9.59 Å². The van der Waals surface area contributed by atoms with Crippen LogP contribution in [0.5, 0.6) is 0 Å². The summed E-state index contributed by atoms with van der Waals surface area (Å²) in [5.74, 6) is -0.205. The highest BCUT2D eigenvalue weighted by Crippen LogP contribution is 2.51. The van der Waals surface area contributed by atoms with Crippen LogP contribution in [0.25, 0.3) is 0 Å². The lowest BCUT2D eigenvalue weighted by Gasteiger charge is -2.19. The van der Waals surface area contributed by atoms with E-state index in [4.69, 9.17) is 18.9 Å². The first-order chi connectivity index (χ1) is 17.0. The summed E-state index contributed by atoms with van der Waals surface area (Å²) in [4.78, 5) is 23.4. The average molecular weight is 497 g/mol. The third kappa shape index (κ3) is 4.74. The maximum Gasteiger partial charge on any atom is 0.334 e. The van der Waals surface area contributed by atoms with Crippen LogP contribution in [0, 0.1) is 11.8 Å². The van der Waals surface area contributed by atoms with Crippen LogP contribution in [0.4, 0.5) is 0 Å². The van der Waals surface area contributed by atoms with Gasteiger partial charge in [-0.15, -0.1) is 0 Å². The van der Waals surface area contributed by atoms with Crippen molar-refractivity contribution in [3.05, 3.63) is 47.6 Å². The number of hydrogen-bond acceptors (Lipinski definition) is 6. The van der Waals surface area contributed by atoms with Gasteiger partial charge in [-0.05, 0) is 79.1 Å². The Balaban J connectivity index is 0.000000148. The Hall–Kier alpha value is -2.18. The van der Waals surface area contributed by atoms with Crippen molar-refractivity contribution in [2.45, 2.75) is 115 Å². The Morgan fingerprint density at radius 3 is 1.53 bits per heavy atom. The molecule has 8 atom stereocenters. The van der Waals surface area contributed by atoms with Crippen molar-refractivity contribution in [2.75, 3.05) is 0 Å². The van der Waals surface area contributed by atoms with Gasteiger partial charge in [0.2, 0.25) is 0 Å². The van der Waals surface area contributed by atoms with Crippen molar-refractivity contribution in [1.29, 1.82) is 0 Å². The van der Waals surface area contributed by atoms with Gasteiger partial charge in [0.25, 0.3) is 0 Å². The zero-order valence-corrected chi connectivity index (χ0v) is 22.1. The predicted molar refractivity (Wildman–Crippen MR) is 136 cm³/mol. The van der Waals surface area contributed by atoms with Crippen molar-refractivity contribution < 1.29 is 28.5 Å². The minimum Gasteiger partial charge on any atom is -0.455 e. The van der Waals surface area contributed by atoms with E-state index in [0.29, 0.717) is 11.1 Å². The van der Waals surface area contributed by atoms with Gasteiger partial charge in [-0.25, -0.2) is 9.59 Å². The Bertz CT molecular complexity index is 956. The lowest BCUT2D eigenvalue weighted by atomic mass is 9.84. The number of carbonyl (C=O) groups excluding carboxylic acids is 2. The molecule has 0 saturated carbocycles. The van der Waals surface area contributed by atoms with Crippen molar-refractivity contribution in [3.63, 3.8) is 0 Å². The summed E-state index contributed by atoms with van der Waals surface area (Å²) in [5.41, 5.74) is 3.83. The third-order valence-corrected chi connectivity index (χ3v) is 9.14. The lowest BCUT2D eigenvalue weighted by molar-refractivity contribution is -0.140. The largest absolute Gasteiger partial charge is 0.455 e. The van der Waals surface area contributed by atoms with Gasteiger partial charge in [0.1, 0.15) is 24.4 Å². The van der Waals surface area contributed by atoms with Gasteiger partial charge in [-0.2, -0.15) is 0 Å². The highest BCUT2D eigenvalue weighted by molar-refractivity contribution is 5.91. The lowest BCUT2D eigenvalue weighted by Crippen LogP contribution is -2.28. The Morgan fingerprint density at radius 1 is 0.750 bits per heavy atom. The Labute approximate surface area is 214 Å². The molecular weight excluding hydrogens is 456 g/mol.